The summed E-state index contributed by atoms with van der Waals surface area (Å²) in [7, 11) is 3.17. The van der Waals surface area contributed by atoms with Gasteiger partial charge in [-0.05, 0) is 73.2 Å². The standard InChI is InChI=1S/C36H46N4O6/c1-23(41)17-37-19-27-13-15-33(39-35(27)43-5)45-21-29-9-7-11-31(25(29)3)32-12-8-10-30(26(32)4)22-46-34-16-14-28(36(40-34)44-6)20-38-18-24(2)42/h7-16,23-24,37-38,41-42H,17-22H2,1-6H3/t23-,24-/m1/s1. The molecule has 10 nitrogen and oxygen atoms in total. The van der Waals surface area contributed by atoms with Crippen LogP contribution in [0.3, 0.4) is 0 Å². The fourth-order valence-corrected chi connectivity index (χ4v) is 5.09. The number of hydrogen-bond acceptors (Lipinski definition) is 10. The number of hydrogen-bond donors (Lipinski definition) is 4. The number of aromatic nitrogens is 2. The average molecular weight is 631 g/mol. The van der Waals surface area contributed by atoms with E-state index in [1.807, 2.05) is 36.4 Å². The van der Waals surface area contributed by atoms with Gasteiger partial charge in [-0.15, -0.1) is 0 Å². The molecule has 0 aliphatic heterocycles. The Kier molecular flexibility index (Phi) is 12.7. The molecule has 0 spiro atoms. The molecule has 0 aliphatic carbocycles. The highest BCUT2D eigenvalue weighted by molar-refractivity contribution is 5.72. The van der Waals surface area contributed by atoms with Crippen molar-refractivity contribution in [1.82, 2.24) is 20.6 Å². The second kappa shape index (κ2) is 16.9. The lowest BCUT2D eigenvalue weighted by molar-refractivity contribution is 0.190. The van der Waals surface area contributed by atoms with Crippen LogP contribution in [0.15, 0.2) is 60.7 Å². The van der Waals surface area contributed by atoms with Gasteiger partial charge in [0.1, 0.15) is 13.2 Å². The number of methoxy groups -OCH3 is 2. The first kappa shape index (κ1) is 34.6. The minimum atomic E-state index is -0.429. The lowest BCUT2D eigenvalue weighted by atomic mass is 9.92. The molecule has 2 heterocycles. The third-order valence-corrected chi connectivity index (χ3v) is 7.66. The first-order valence-corrected chi connectivity index (χ1v) is 15.5. The monoisotopic (exact) mass is 630 g/mol. The highest BCUT2D eigenvalue weighted by Gasteiger charge is 2.14. The summed E-state index contributed by atoms with van der Waals surface area (Å²) in [6.45, 7) is 10.4. The summed E-state index contributed by atoms with van der Waals surface area (Å²) in [4.78, 5) is 9.07. The lowest BCUT2D eigenvalue weighted by Crippen LogP contribution is -2.24. The van der Waals surface area contributed by atoms with Gasteiger partial charge in [-0.25, -0.2) is 0 Å². The molecule has 4 rings (SSSR count). The molecule has 2 atom stereocenters. The minimum absolute atomic E-state index is 0.356. The van der Waals surface area contributed by atoms with Crippen LogP contribution >= 0.6 is 0 Å². The molecule has 0 unspecified atom stereocenters. The van der Waals surface area contributed by atoms with E-state index in [2.05, 4.69) is 58.7 Å². The molecule has 0 saturated heterocycles. The van der Waals surface area contributed by atoms with Crippen molar-refractivity contribution in [1.29, 1.82) is 0 Å². The highest BCUT2D eigenvalue weighted by Crippen LogP contribution is 2.31. The SMILES string of the molecule is COc1nc(OCc2cccc(-c3cccc(COc4ccc(CNC[C@@H](C)O)c(OC)n4)c3C)c2C)ccc1CNC[C@@H](C)O. The van der Waals surface area contributed by atoms with Crippen LogP contribution in [0.1, 0.15) is 47.2 Å². The number of pyridine rings is 2. The molecule has 2 aromatic heterocycles. The number of aliphatic hydroxyl groups is 2. The maximum absolute atomic E-state index is 9.50. The van der Waals surface area contributed by atoms with Gasteiger partial charge in [-0.2, -0.15) is 9.97 Å². The minimum Gasteiger partial charge on any atom is -0.481 e. The Hall–Kier alpha value is -4.22. The summed E-state index contributed by atoms with van der Waals surface area (Å²) in [6, 6.07) is 20.0. The molecule has 10 heteroatoms. The molecule has 0 amide bonds. The smallest absolute Gasteiger partial charge is 0.220 e. The van der Waals surface area contributed by atoms with Crippen molar-refractivity contribution in [2.75, 3.05) is 27.3 Å². The first-order valence-electron chi connectivity index (χ1n) is 15.5. The van der Waals surface area contributed by atoms with E-state index in [9.17, 15) is 10.2 Å². The summed E-state index contributed by atoms with van der Waals surface area (Å²) in [5, 5.41) is 25.4. The van der Waals surface area contributed by atoms with Crippen LogP contribution in [0.25, 0.3) is 11.1 Å². The molecule has 0 bridgehead atoms. The molecule has 0 fully saturated rings. The van der Waals surface area contributed by atoms with Crippen molar-refractivity contribution >= 4 is 0 Å². The quantitative estimate of drug-likeness (QED) is 0.128. The van der Waals surface area contributed by atoms with Gasteiger partial charge in [0.2, 0.25) is 23.5 Å². The van der Waals surface area contributed by atoms with Crippen molar-refractivity contribution in [2.45, 2.75) is 66.2 Å². The maximum Gasteiger partial charge on any atom is 0.220 e. The molecule has 4 N–H and O–H groups in total. The largest absolute Gasteiger partial charge is 0.481 e. The Morgan fingerprint density at radius 2 is 1.02 bits per heavy atom. The average Bonchev–Trinajstić information content (AvgIpc) is 3.04. The van der Waals surface area contributed by atoms with Gasteiger partial charge in [-0.3, -0.25) is 0 Å². The number of benzene rings is 2. The summed E-state index contributed by atoms with van der Waals surface area (Å²) in [5.41, 5.74) is 8.39. The maximum atomic E-state index is 9.50. The van der Waals surface area contributed by atoms with Crippen LogP contribution < -0.4 is 29.6 Å². The topological polar surface area (TPSA) is 127 Å². The zero-order chi connectivity index (χ0) is 33.1. The van der Waals surface area contributed by atoms with Crippen molar-refractivity contribution in [3.8, 4) is 34.6 Å². The summed E-state index contributed by atoms with van der Waals surface area (Å²) in [6.07, 6.45) is -0.859. The first-order chi connectivity index (χ1) is 22.2. The van der Waals surface area contributed by atoms with Crippen LogP contribution in [-0.2, 0) is 26.3 Å². The van der Waals surface area contributed by atoms with E-state index in [-0.39, 0.29) is 0 Å². The van der Waals surface area contributed by atoms with Gasteiger partial charge in [-0.1, -0.05) is 36.4 Å². The Morgan fingerprint density at radius 3 is 1.39 bits per heavy atom. The van der Waals surface area contributed by atoms with Crippen LogP contribution in [0.5, 0.6) is 23.5 Å². The van der Waals surface area contributed by atoms with E-state index in [1.54, 1.807) is 28.1 Å². The van der Waals surface area contributed by atoms with Gasteiger partial charge in [0, 0.05) is 49.4 Å². The van der Waals surface area contributed by atoms with Gasteiger partial charge < -0.3 is 39.8 Å². The second-order valence-electron chi connectivity index (χ2n) is 11.4. The fourth-order valence-electron chi connectivity index (χ4n) is 5.09. The molecular formula is C36H46N4O6. The predicted octanol–water partition coefficient (Wildman–Crippen LogP) is 4.88. The zero-order valence-electron chi connectivity index (χ0n) is 27.6. The Bertz CT molecular complexity index is 1460. The Morgan fingerprint density at radius 1 is 0.609 bits per heavy atom. The fraction of sp³-hybridized carbons (Fsp3) is 0.389. The molecule has 0 saturated carbocycles. The third kappa shape index (κ3) is 9.40. The lowest BCUT2D eigenvalue weighted by Gasteiger charge is -2.17. The molecule has 246 valence electrons. The molecule has 0 radical (unpaired) electrons. The molecular weight excluding hydrogens is 584 g/mol. The summed E-state index contributed by atoms with van der Waals surface area (Å²) < 4.78 is 23.2. The van der Waals surface area contributed by atoms with Gasteiger partial charge >= 0.3 is 0 Å². The van der Waals surface area contributed by atoms with Crippen molar-refractivity contribution in [3.63, 3.8) is 0 Å². The number of nitrogens with one attached hydrogen (secondary N) is 2. The molecule has 2 aromatic carbocycles. The third-order valence-electron chi connectivity index (χ3n) is 7.66. The summed E-state index contributed by atoms with van der Waals surface area (Å²) >= 11 is 0. The molecule has 46 heavy (non-hydrogen) atoms. The van der Waals surface area contributed by atoms with E-state index < -0.39 is 12.2 Å². The van der Waals surface area contributed by atoms with Crippen LogP contribution in [0, 0.1) is 13.8 Å². The van der Waals surface area contributed by atoms with Gasteiger partial charge in [0.15, 0.2) is 0 Å². The molecule has 0 aliphatic rings. The number of ether oxygens (including phenoxy) is 4. The van der Waals surface area contributed by atoms with E-state index >= 15 is 0 Å². The number of nitrogens with zero attached hydrogens (tertiary/aromatic N) is 2. The van der Waals surface area contributed by atoms with Crippen LogP contribution in [-0.4, -0.2) is 59.7 Å². The van der Waals surface area contributed by atoms with E-state index in [0.717, 1.165) is 44.5 Å². The molecule has 4 aromatic rings. The van der Waals surface area contributed by atoms with E-state index in [1.165, 1.54) is 0 Å². The number of aliphatic hydroxyl groups excluding tert-OH is 2. The van der Waals surface area contributed by atoms with E-state index in [0.29, 0.717) is 62.9 Å². The van der Waals surface area contributed by atoms with Crippen LogP contribution in [0.2, 0.25) is 0 Å². The predicted molar refractivity (Wildman–Crippen MR) is 178 cm³/mol. The van der Waals surface area contributed by atoms with E-state index in [4.69, 9.17) is 18.9 Å². The number of rotatable bonds is 17. The Balaban J connectivity index is 1.44. The summed E-state index contributed by atoms with van der Waals surface area (Å²) in [5.74, 6) is 1.94. The van der Waals surface area contributed by atoms with Gasteiger partial charge in [0.25, 0.3) is 0 Å². The van der Waals surface area contributed by atoms with Crippen LogP contribution in [0.4, 0.5) is 0 Å². The highest BCUT2D eigenvalue weighted by atomic mass is 16.5. The van der Waals surface area contributed by atoms with Gasteiger partial charge in [0.05, 0.1) is 26.4 Å². The van der Waals surface area contributed by atoms with Crippen molar-refractivity contribution in [2.24, 2.45) is 0 Å². The Labute approximate surface area is 271 Å². The zero-order valence-corrected chi connectivity index (χ0v) is 27.6. The van der Waals surface area contributed by atoms with Crippen molar-refractivity contribution in [3.05, 3.63) is 94.0 Å². The second-order valence-corrected chi connectivity index (χ2v) is 11.4. The van der Waals surface area contributed by atoms with Crippen molar-refractivity contribution < 1.29 is 29.2 Å². The normalized spacial score (nSPS) is 12.4.